The first-order valence-corrected chi connectivity index (χ1v) is 12.3. The number of nitrogens with zero attached hydrogens (tertiary/aromatic N) is 2. The minimum absolute atomic E-state index is 0.500. The van der Waals surface area contributed by atoms with Gasteiger partial charge in [0.1, 0.15) is 0 Å². The van der Waals surface area contributed by atoms with Crippen molar-refractivity contribution >= 4 is 0 Å². The third-order valence-corrected chi connectivity index (χ3v) is 6.80. The van der Waals surface area contributed by atoms with Gasteiger partial charge < -0.3 is 4.90 Å². The van der Waals surface area contributed by atoms with Crippen LogP contribution in [0.25, 0.3) is 0 Å². The van der Waals surface area contributed by atoms with Gasteiger partial charge in [0.05, 0.1) is 17.9 Å². The van der Waals surface area contributed by atoms with E-state index in [1.54, 1.807) is 18.2 Å². The Morgan fingerprint density at radius 3 is 1.78 bits per heavy atom. The highest BCUT2D eigenvalue weighted by Gasteiger charge is 2.59. The monoisotopic (exact) mass is 512 g/mol. The molecule has 2 aromatic rings. The van der Waals surface area contributed by atoms with Crippen molar-refractivity contribution in [1.29, 1.82) is 5.26 Å². The second-order valence-corrected chi connectivity index (χ2v) is 9.20. The molecule has 1 aliphatic carbocycles. The summed E-state index contributed by atoms with van der Waals surface area (Å²) < 4.78 is 79.1. The van der Waals surface area contributed by atoms with Crippen molar-refractivity contribution < 1.29 is 26.3 Å². The average Bonchev–Trinajstić information content (AvgIpc) is 3.30. The third kappa shape index (κ3) is 9.16. The van der Waals surface area contributed by atoms with Crippen molar-refractivity contribution in [3.63, 3.8) is 0 Å². The van der Waals surface area contributed by atoms with E-state index < -0.39 is 42.9 Å². The number of rotatable bonds is 9. The van der Waals surface area contributed by atoms with E-state index in [0.29, 0.717) is 5.56 Å². The second-order valence-electron chi connectivity index (χ2n) is 9.20. The van der Waals surface area contributed by atoms with Crippen LogP contribution in [0.1, 0.15) is 55.7 Å². The zero-order valence-corrected chi connectivity index (χ0v) is 20.7. The molecule has 198 valence electrons. The Labute approximate surface area is 209 Å². The maximum atomic E-state index is 13.2. The highest BCUT2D eigenvalue weighted by molar-refractivity contribution is 5.27. The molecule has 2 nitrogen and oxygen atoms in total. The summed E-state index contributed by atoms with van der Waals surface area (Å²) in [6, 6.07) is 19.2. The van der Waals surface area contributed by atoms with Crippen molar-refractivity contribution in [1.82, 2.24) is 4.90 Å². The van der Waals surface area contributed by atoms with Gasteiger partial charge in [0.25, 0.3) is 0 Å². The van der Waals surface area contributed by atoms with Gasteiger partial charge in [0.2, 0.25) is 0 Å². The number of benzene rings is 2. The third-order valence-electron chi connectivity index (χ3n) is 6.80. The summed E-state index contributed by atoms with van der Waals surface area (Å²) in [6.45, 7) is 6.42. The van der Waals surface area contributed by atoms with Crippen molar-refractivity contribution in [2.24, 2.45) is 11.8 Å². The summed E-state index contributed by atoms with van der Waals surface area (Å²) in [5.41, 5.74) is 2.92. The van der Waals surface area contributed by atoms with Gasteiger partial charge in [-0.15, -0.1) is 0 Å². The normalized spacial score (nSPS) is 20.1. The van der Waals surface area contributed by atoms with Gasteiger partial charge in [-0.05, 0) is 67.8 Å². The fourth-order valence-corrected chi connectivity index (χ4v) is 4.86. The van der Waals surface area contributed by atoms with Crippen LogP contribution < -0.4 is 0 Å². The molecule has 3 rings (SSSR count). The van der Waals surface area contributed by atoms with Gasteiger partial charge >= 0.3 is 12.4 Å². The molecule has 0 bridgehead atoms. The van der Waals surface area contributed by atoms with Crippen molar-refractivity contribution in [2.75, 3.05) is 19.6 Å². The zero-order valence-electron chi connectivity index (χ0n) is 20.7. The number of nitriles is 1. The molecule has 0 heterocycles. The van der Waals surface area contributed by atoms with Crippen LogP contribution in [0.3, 0.4) is 0 Å². The maximum Gasteiger partial charge on any atom is 0.392 e. The molecule has 8 heteroatoms. The van der Waals surface area contributed by atoms with E-state index in [4.69, 9.17) is 5.26 Å². The molecule has 0 saturated heterocycles. The fourth-order valence-electron chi connectivity index (χ4n) is 4.86. The molecule has 0 N–H and O–H groups in total. The number of halogens is 6. The molecule has 36 heavy (non-hydrogen) atoms. The number of alkyl halides is 6. The summed E-state index contributed by atoms with van der Waals surface area (Å²) in [5, 5.41) is 7.32. The first kappa shape index (κ1) is 29.7. The summed E-state index contributed by atoms with van der Waals surface area (Å²) in [4.78, 5) is 2.38. The number of likely N-dealkylation sites (N-methyl/N-ethyl adjacent to an activating group) is 1. The van der Waals surface area contributed by atoms with Crippen molar-refractivity contribution in [2.45, 2.75) is 64.2 Å². The molecular weight excluding hydrogens is 478 g/mol. The van der Waals surface area contributed by atoms with E-state index in [1.165, 1.54) is 12.5 Å². The Hall–Kier alpha value is -2.53. The molecule has 0 radical (unpaired) electrons. The van der Waals surface area contributed by atoms with Crippen molar-refractivity contribution in [3.8, 4) is 6.07 Å². The predicted molar refractivity (Wildman–Crippen MR) is 129 cm³/mol. The second kappa shape index (κ2) is 13.7. The lowest BCUT2D eigenvalue weighted by atomic mass is 9.94. The predicted octanol–water partition coefficient (Wildman–Crippen LogP) is 7.95. The lowest BCUT2D eigenvalue weighted by Crippen LogP contribution is -2.35. The highest BCUT2D eigenvalue weighted by Crippen LogP contribution is 2.54. The van der Waals surface area contributed by atoms with E-state index in [0.717, 1.165) is 44.5 Å². The summed E-state index contributed by atoms with van der Waals surface area (Å²) in [5.74, 6) is -5.36. The van der Waals surface area contributed by atoms with Crippen LogP contribution in [0.15, 0.2) is 54.6 Å². The van der Waals surface area contributed by atoms with Crippen LogP contribution in [0.5, 0.6) is 0 Å². The van der Waals surface area contributed by atoms with E-state index in [2.05, 4.69) is 24.0 Å². The summed E-state index contributed by atoms with van der Waals surface area (Å²) in [7, 11) is 0. The SMILES string of the molecule is CC#N.CCN(CCCc1ccc(C2CC(C(F)(F)F)C(C(F)(F)F)C2)cc1)CCc1ccccc1. The maximum absolute atomic E-state index is 13.2. The lowest BCUT2D eigenvalue weighted by Gasteiger charge is -2.24. The van der Waals surface area contributed by atoms with Crippen LogP contribution in [0.4, 0.5) is 26.3 Å². The molecule has 2 atom stereocenters. The smallest absolute Gasteiger partial charge is 0.303 e. The van der Waals surface area contributed by atoms with Crippen LogP contribution >= 0.6 is 0 Å². The number of hydrogen-bond acceptors (Lipinski definition) is 2. The number of aryl methyl sites for hydroxylation is 1. The van der Waals surface area contributed by atoms with E-state index in [-0.39, 0.29) is 0 Å². The first-order valence-electron chi connectivity index (χ1n) is 12.3. The van der Waals surface area contributed by atoms with E-state index in [9.17, 15) is 26.3 Å². The average molecular weight is 513 g/mol. The molecular formula is C28H34F6N2. The Morgan fingerprint density at radius 2 is 1.31 bits per heavy atom. The molecule has 0 aromatic heterocycles. The van der Waals surface area contributed by atoms with E-state index in [1.807, 2.05) is 30.3 Å². The van der Waals surface area contributed by atoms with Gasteiger partial charge in [-0.1, -0.05) is 61.5 Å². The van der Waals surface area contributed by atoms with Crippen molar-refractivity contribution in [3.05, 3.63) is 71.3 Å². The van der Waals surface area contributed by atoms with Crippen LogP contribution in [0.2, 0.25) is 0 Å². The largest absolute Gasteiger partial charge is 0.392 e. The molecule has 2 aromatic carbocycles. The Bertz CT molecular complexity index is 910. The Balaban J connectivity index is 0.00000145. The molecule has 0 aliphatic heterocycles. The van der Waals surface area contributed by atoms with E-state index >= 15 is 0 Å². The minimum atomic E-state index is -4.83. The number of hydrogen-bond donors (Lipinski definition) is 0. The molecule has 1 saturated carbocycles. The summed E-state index contributed by atoms with van der Waals surface area (Å²) >= 11 is 0. The Morgan fingerprint density at radius 1 is 0.806 bits per heavy atom. The molecule has 0 spiro atoms. The van der Waals surface area contributed by atoms with Crippen LogP contribution in [-0.2, 0) is 12.8 Å². The molecule has 0 amide bonds. The van der Waals surface area contributed by atoms with Gasteiger partial charge in [0.15, 0.2) is 0 Å². The zero-order chi connectivity index (χ0) is 26.8. The topological polar surface area (TPSA) is 27.0 Å². The van der Waals surface area contributed by atoms with Gasteiger partial charge in [-0.2, -0.15) is 31.6 Å². The quantitative estimate of drug-likeness (QED) is 0.319. The molecule has 1 aliphatic rings. The van der Waals surface area contributed by atoms with Gasteiger partial charge in [0, 0.05) is 13.5 Å². The van der Waals surface area contributed by atoms with Crippen LogP contribution in [-0.4, -0.2) is 36.9 Å². The summed E-state index contributed by atoms with van der Waals surface area (Å²) in [6.07, 6.45) is -7.91. The van der Waals surface area contributed by atoms with Gasteiger partial charge in [-0.25, -0.2) is 0 Å². The van der Waals surface area contributed by atoms with Gasteiger partial charge in [-0.3, -0.25) is 0 Å². The first-order chi connectivity index (χ1) is 17.0. The molecule has 1 fully saturated rings. The Kier molecular flexibility index (Phi) is 11.3. The lowest BCUT2D eigenvalue weighted by molar-refractivity contribution is -0.245. The standard InChI is InChI=1S/C26H31F6N.C2H3N/c1-2-33(16-14-19-7-4-3-5-8-19)15-6-9-20-10-12-21(13-11-20)22-17-23(25(27,28)29)24(18-22)26(30,31)32;1-2-3/h3-5,7-8,10-13,22-24H,2,6,9,14-18H2,1H3;1H3. The highest BCUT2D eigenvalue weighted by atomic mass is 19.4. The minimum Gasteiger partial charge on any atom is -0.303 e. The van der Waals surface area contributed by atoms with Crippen LogP contribution in [0, 0.1) is 23.2 Å². The molecule has 2 unspecified atom stereocenters. The fraction of sp³-hybridized carbons (Fsp3) is 0.536.